The van der Waals surface area contributed by atoms with Crippen LogP contribution in [0.3, 0.4) is 0 Å². The van der Waals surface area contributed by atoms with Crippen molar-refractivity contribution in [3.05, 3.63) is 23.8 Å². The minimum Gasteiger partial charge on any atom is -0.0852 e. The molecule has 0 N–H and O–H groups in total. The lowest BCUT2D eigenvalue weighted by molar-refractivity contribution is -0.0486. The van der Waals surface area contributed by atoms with E-state index >= 15 is 0 Å². The Labute approximate surface area is 203 Å². The summed E-state index contributed by atoms with van der Waals surface area (Å²) in [5, 5.41) is 0. The Hall–Kier alpha value is -0.520. The molecule has 3 saturated carbocycles. The molecular weight excluding hydrogens is 384 g/mol. The first-order valence-electron chi connectivity index (χ1n) is 14.0. The van der Waals surface area contributed by atoms with Gasteiger partial charge in [-0.15, -0.1) is 0 Å². The SMILES string of the molecule is C.CC.CC1CCC2(C)C(=CCC3C2CCC2(C)C(C(C)/C=C/C(C)C(C)C)CCC32)C1. The van der Waals surface area contributed by atoms with Gasteiger partial charge in [0.05, 0.1) is 0 Å². The van der Waals surface area contributed by atoms with Gasteiger partial charge in [-0.1, -0.05) is 93.5 Å². The van der Waals surface area contributed by atoms with E-state index in [2.05, 4.69) is 66.7 Å². The highest BCUT2D eigenvalue weighted by Gasteiger charge is 2.58. The van der Waals surface area contributed by atoms with Crippen LogP contribution < -0.4 is 0 Å². The second-order valence-electron chi connectivity index (χ2n) is 12.7. The lowest BCUT2D eigenvalue weighted by atomic mass is 9.46. The Balaban J connectivity index is 0.00000118. The van der Waals surface area contributed by atoms with Gasteiger partial charge in [0, 0.05) is 0 Å². The second kappa shape index (κ2) is 10.8. The molecule has 9 unspecified atom stereocenters. The minimum atomic E-state index is 0. The molecule has 0 heterocycles. The third kappa shape index (κ3) is 4.81. The molecule has 0 radical (unpaired) electrons. The summed E-state index contributed by atoms with van der Waals surface area (Å²) in [6.45, 7) is 21.5. The van der Waals surface area contributed by atoms with Gasteiger partial charge in [0.15, 0.2) is 0 Å². The summed E-state index contributed by atoms with van der Waals surface area (Å²) < 4.78 is 0. The van der Waals surface area contributed by atoms with Gasteiger partial charge in [0.2, 0.25) is 0 Å². The molecule has 32 heavy (non-hydrogen) atoms. The average Bonchev–Trinajstić information content (AvgIpc) is 3.11. The van der Waals surface area contributed by atoms with Crippen LogP contribution in [0.4, 0.5) is 0 Å². The molecule has 0 aliphatic heterocycles. The highest BCUT2D eigenvalue weighted by atomic mass is 14.6. The zero-order chi connectivity index (χ0) is 23.0. The molecule has 0 spiro atoms. The van der Waals surface area contributed by atoms with Gasteiger partial charge in [0.1, 0.15) is 0 Å². The number of rotatable bonds is 4. The monoisotopic (exact) mass is 442 g/mol. The summed E-state index contributed by atoms with van der Waals surface area (Å²) in [4.78, 5) is 0. The lowest BCUT2D eigenvalue weighted by Crippen LogP contribution is -2.50. The third-order valence-corrected chi connectivity index (χ3v) is 10.8. The fraction of sp³-hybridized carbons (Fsp3) is 0.875. The fourth-order valence-corrected chi connectivity index (χ4v) is 8.45. The third-order valence-electron chi connectivity index (χ3n) is 10.8. The molecule has 0 heteroatoms. The molecule has 0 bridgehead atoms. The molecule has 4 rings (SSSR count). The summed E-state index contributed by atoms with van der Waals surface area (Å²) in [6, 6.07) is 0. The smallest absolute Gasteiger partial charge is 0.00851 e. The first kappa shape index (κ1) is 27.7. The van der Waals surface area contributed by atoms with Crippen molar-refractivity contribution >= 4 is 0 Å². The summed E-state index contributed by atoms with van der Waals surface area (Å²) in [7, 11) is 0. The van der Waals surface area contributed by atoms with Crippen LogP contribution in [0.1, 0.15) is 121 Å². The van der Waals surface area contributed by atoms with Gasteiger partial charge < -0.3 is 0 Å². The standard InChI is InChI=1S/C29H48.C2H6.CH4/c1-19(2)21(4)8-9-22(5)25-12-13-26-24-11-10-23-18-20(3)14-16-28(23,6)27(24)15-17-29(25,26)7;1-2;/h8-10,19-22,24-27H,11-18H2,1-7H3;1-2H3;1H4/b9-8+;;. The average molecular weight is 443 g/mol. The molecular formula is C32H58. The van der Waals surface area contributed by atoms with Crippen molar-refractivity contribution in [2.75, 3.05) is 0 Å². The zero-order valence-corrected chi connectivity index (χ0v) is 22.5. The molecule has 0 nitrogen and oxygen atoms in total. The van der Waals surface area contributed by atoms with Crippen molar-refractivity contribution in [1.29, 1.82) is 0 Å². The summed E-state index contributed by atoms with van der Waals surface area (Å²) in [6.07, 6.45) is 19.5. The highest BCUT2D eigenvalue weighted by molar-refractivity contribution is 5.25. The van der Waals surface area contributed by atoms with E-state index in [1.54, 1.807) is 0 Å². The van der Waals surface area contributed by atoms with Crippen molar-refractivity contribution in [2.45, 2.75) is 121 Å². The molecule has 0 amide bonds. The predicted molar refractivity (Wildman–Crippen MR) is 145 cm³/mol. The maximum absolute atomic E-state index is 2.74. The van der Waals surface area contributed by atoms with Gasteiger partial charge in [-0.2, -0.15) is 0 Å². The van der Waals surface area contributed by atoms with E-state index in [1.807, 2.05) is 19.4 Å². The van der Waals surface area contributed by atoms with Gasteiger partial charge in [-0.3, -0.25) is 0 Å². The van der Waals surface area contributed by atoms with Crippen molar-refractivity contribution < 1.29 is 0 Å². The van der Waals surface area contributed by atoms with Crippen molar-refractivity contribution in [1.82, 2.24) is 0 Å². The van der Waals surface area contributed by atoms with E-state index in [0.717, 1.165) is 41.4 Å². The normalized spacial score (nSPS) is 42.6. The maximum atomic E-state index is 2.74. The van der Waals surface area contributed by atoms with Crippen LogP contribution in [0.25, 0.3) is 0 Å². The zero-order valence-electron chi connectivity index (χ0n) is 22.5. The van der Waals surface area contributed by atoms with Crippen LogP contribution in [-0.4, -0.2) is 0 Å². The summed E-state index contributed by atoms with van der Waals surface area (Å²) in [5.74, 6) is 6.91. The number of allylic oxidation sites excluding steroid dienone is 4. The Morgan fingerprint density at radius 1 is 0.906 bits per heavy atom. The number of hydrogen-bond acceptors (Lipinski definition) is 0. The quantitative estimate of drug-likeness (QED) is 0.380. The van der Waals surface area contributed by atoms with Crippen molar-refractivity contribution in [3.63, 3.8) is 0 Å². The Morgan fingerprint density at radius 2 is 1.59 bits per heavy atom. The molecule has 4 aliphatic rings. The molecule has 186 valence electrons. The first-order chi connectivity index (χ1) is 14.7. The van der Waals surface area contributed by atoms with E-state index in [0.29, 0.717) is 16.7 Å². The van der Waals surface area contributed by atoms with Crippen LogP contribution in [0.5, 0.6) is 0 Å². The second-order valence-corrected chi connectivity index (χ2v) is 12.7. The highest BCUT2D eigenvalue weighted by Crippen LogP contribution is 2.67. The van der Waals surface area contributed by atoms with E-state index in [-0.39, 0.29) is 7.43 Å². The molecule has 0 aromatic heterocycles. The van der Waals surface area contributed by atoms with Crippen molar-refractivity contribution in [2.24, 2.45) is 58.2 Å². The van der Waals surface area contributed by atoms with Gasteiger partial charge in [-0.25, -0.2) is 0 Å². The topological polar surface area (TPSA) is 0 Å². The van der Waals surface area contributed by atoms with Crippen LogP contribution in [0.15, 0.2) is 23.8 Å². The fourth-order valence-electron chi connectivity index (χ4n) is 8.45. The van der Waals surface area contributed by atoms with E-state index in [4.69, 9.17) is 0 Å². The summed E-state index contributed by atoms with van der Waals surface area (Å²) in [5.41, 5.74) is 2.97. The van der Waals surface area contributed by atoms with Crippen LogP contribution in [0, 0.1) is 58.2 Å². The van der Waals surface area contributed by atoms with Gasteiger partial charge >= 0.3 is 0 Å². The van der Waals surface area contributed by atoms with Gasteiger partial charge in [-0.05, 0) is 110 Å². The Bertz CT molecular complexity index is 653. The predicted octanol–water partition coefficient (Wildman–Crippen LogP) is 10.3. The van der Waals surface area contributed by atoms with E-state index in [9.17, 15) is 0 Å². The van der Waals surface area contributed by atoms with Crippen molar-refractivity contribution in [3.8, 4) is 0 Å². The molecule has 3 fully saturated rings. The molecule has 0 aromatic carbocycles. The molecule has 4 aliphatic carbocycles. The van der Waals surface area contributed by atoms with Crippen LogP contribution in [-0.2, 0) is 0 Å². The van der Waals surface area contributed by atoms with Crippen LogP contribution in [0.2, 0.25) is 0 Å². The summed E-state index contributed by atoms with van der Waals surface area (Å²) >= 11 is 0. The minimum absolute atomic E-state index is 0. The lowest BCUT2D eigenvalue weighted by Gasteiger charge is -2.58. The van der Waals surface area contributed by atoms with E-state index < -0.39 is 0 Å². The molecule has 0 aromatic rings. The number of fused-ring (bicyclic) bond motifs is 5. The Morgan fingerprint density at radius 3 is 2.25 bits per heavy atom. The maximum Gasteiger partial charge on any atom is -0.00851 e. The molecule has 9 atom stereocenters. The Kier molecular flexibility index (Phi) is 9.37. The largest absolute Gasteiger partial charge is 0.0852 e. The van der Waals surface area contributed by atoms with E-state index in [1.165, 1.54) is 51.4 Å². The number of hydrogen-bond donors (Lipinski definition) is 0. The van der Waals surface area contributed by atoms with Gasteiger partial charge in [0.25, 0.3) is 0 Å². The first-order valence-corrected chi connectivity index (χ1v) is 14.0. The van der Waals surface area contributed by atoms with Crippen LogP contribution >= 0.6 is 0 Å². The molecule has 0 saturated heterocycles.